The Morgan fingerprint density at radius 1 is 1.35 bits per heavy atom. The number of carbonyl (C=O) groups is 1. The Labute approximate surface area is 101 Å². The van der Waals surface area contributed by atoms with Crippen LogP contribution in [0.15, 0.2) is 24.3 Å². The molecule has 0 saturated heterocycles. The molecule has 3 nitrogen and oxygen atoms in total. The number of hydrogen-bond acceptors (Lipinski definition) is 2. The summed E-state index contributed by atoms with van der Waals surface area (Å²) in [6, 6.07) is 8.05. The number of rotatable bonds is 4. The predicted molar refractivity (Wildman–Crippen MR) is 64.8 cm³/mol. The van der Waals surface area contributed by atoms with Crippen LogP contribution in [0.1, 0.15) is 30.9 Å². The third kappa shape index (κ3) is 2.07. The summed E-state index contributed by atoms with van der Waals surface area (Å²) >= 11 is 0. The van der Waals surface area contributed by atoms with E-state index in [1.165, 1.54) is 0 Å². The summed E-state index contributed by atoms with van der Waals surface area (Å²) in [5, 5.41) is 9.14. The second-order valence-corrected chi connectivity index (χ2v) is 5.29. The van der Waals surface area contributed by atoms with E-state index in [2.05, 4.69) is 0 Å². The molecule has 1 N–H and O–H groups in total. The smallest absolute Gasteiger partial charge is 0.307 e. The van der Waals surface area contributed by atoms with Gasteiger partial charge in [0.25, 0.3) is 0 Å². The highest BCUT2D eigenvalue weighted by molar-refractivity contribution is 5.77. The lowest BCUT2D eigenvalue weighted by Gasteiger charge is -2.04. The molecule has 0 unspecified atom stereocenters. The molecule has 2 atom stereocenters. The number of benzene rings is 1. The lowest BCUT2D eigenvalue weighted by Crippen LogP contribution is -2.03. The Balaban J connectivity index is 2.17. The first-order valence-electron chi connectivity index (χ1n) is 5.79. The van der Waals surface area contributed by atoms with Crippen LogP contribution < -0.4 is 0 Å². The molecule has 0 aromatic heterocycles. The van der Waals surface area contributed by atoms with Crippen molar-refractivity contribution in [2.24, 2.45) is 11.3 Å². The van der Waals surface area contributed by atoms with Gasteiger partial charge in [-0.1, -0.05) is 38.1 Å². The topological polar surface area (TPSA) is 46.5 Å². The van der Waals surface area contributed by atoms with Gasteiger partial charge in [-0.25, -0.2) is 0 Å². The quantitative estimate of drug-likeness (QED) is 0.871. The van der Waals surface area contributed by atoms with Crippen LogP contribution in [0, 0.1) is 11.3 Å². The third-order valence-electron chi connectivity index (χ3n) is 3.74. The lowest BCUT2D eigenvalue weighted by molar-refractivity contribution is -0.139. The van der Waals surface area contributed by atoms with E-state index >= 15 is 0 Å². The summed E-state index contributed by atoms with van der Waals surface area (Å²) in [6.07, 6.45) is 0. The number of aliphatic carboxylic acids is 1. The minimum atomic E-state index is -0.694. The minimum absolute atomic E-state index is 0.130. The molecule has 0 spiro atoms. The van der Waals surface area contributed by atoms with Crippen LogP contribution in [0.25, 0.3) is 0 Å². The minimum Gasteiger partial charge on any atom is -0.481 e. The van der Waals surface area contributed by atoms with Gasteiger partial charge in [0.05, 0.1) is 12.5 Å². The summed E-state index contributed by atoms with van der Waals surface area (Å²) in [5.74, 6) is -0.812. The molecular weight excluding hydrogens is 216 g/mol. The Kier molecular flexibility index (Phi) is 2.96. The van der Waals surface area contributed by atoms with Crippen molar-refractivity contribution in [1.29, 1.82) is 0 Å². The first-order valence-corrected chi connectivity index (χ1v) is 5.79. The average molecular weight is 234 g/mol. The molecule has 1 fully saturated rings. The van der Waals surface area contributed by atoms with Crippen LogP contribution >= 0.6 is 0 Å². The van der Waals surface area contributed by atoms with E-state index in [1.54, 1.807) is 7.11 Å². The highest BCUT2D eigenvalue weighted by atomic mass is 16.5. The van der Waals surface area contributed by atoms with Crippen molar-refractivity contribution >= 4 is 5.97 Å². The van der Waals surface area contributed by atoms with Gasteiger partial charge in [-0.05, 0) is 16.5 Å². The number of carboxylic acid groups (broad SMARTS) is 1. The van der Waals surface area contributed by atoms with Crippen molar-refractivity contribution < 1.29 is 14.6 Å². The van der Waals surface area contributed by atoms with Crippen molar-refractivity contribution in [2.75, 3.05) is 7.11 Å². The summed E-state index contributed by atoms with van der Waals surface area (Å²) in [6.45, 7) is 4.62. The summed E-state index contributed by atoms with van der Waals surface area (Å²) < 4.78 is 5.05. The van der Waals surface area contributed by atoms with Crippen molar-refractivity contribution in [1.82, 2.24) is 0 Å². The zero-order valence-corrected chi connectivity index (χ0v) is 10.4. The second kappa shape index (κ2) is 4.15. The van der Waals surface area contributed by atoms with E-state index in [0.29, 0.717) is 6.61 Å². The fraction of sp³-hybridized carbons (Fsp3) is 0.500. The molecule has 1 aromatic rings. The van der Waals surface area contributed by atoms with E-state index < -0.39 is 5.97 Å². The van der Waals surface area contributed by atoms with E-state index in [1.807, 2.05) is 38.1 Å². The first-order chi connectivity index (χ1) is 7.98. The molecule has 0 aliphatic heterocycles. The van der Waals surface area contributed by atoms with Crippen LogP contribution in [-0.4, -0.2) is 18.2 Å². The van der Waals surface area contributed by atoms with E-state index in [4.69, 9.17) is 9.84 Å². The Morgan fingerprint density at radius 3 is 2.35 bits per heavy atom. The first kappa shape index (κ1) is 12.1. The number of methoxy groups -OCH3 is 1. The van der Waals surface area contributed by atoms with Gasteiger partial charge in [0.2, 0.25) is 0 Å². The van der Waals surface area contributed by atoms with Crippen molar-refractivity contribution in [2.45, 2.75) is 26.4 Å². The molecule has 3 heteroatoms. The highest BCUT2D eigenvalue weighted by Gasteiger charge is 2.62. The largest absolute Gasteiger partial charge is 0.481 e. The molecule has 92 valence electrons. The predicted octanol–water partition coefficient (Wildman–Crippen LogP) is 2.66. The normalized spacial score (nSPS) is 25.6. The second-order valence-electron chi connectivity index (χ2n) is 5.29. The van der Waals surface area contributed by atoms with Gasteiger partial charge in [-0.2, -0.15) is 0 Å². The van der Waals surface area contributed by atoms with Crippen LogP contribution in [0.2, 0.25) is 0 Å². The lowest BCUT2D eigenvalue weighted by atomic mass is 10.0. The van der Waals surface area contributed by atoms with Crippen molar-refractivity contribution in [3.8, 4) is 0 Å². The number of carboxylic acids is 1. The summed E-state index contributed by atoms with van der Waals surface area (Å²) in [4.78, 5) is 11.1. The van der Waals surface area contributed by atoms with E-state index in [9.17, 15) is 4.79 Å². The molecule has 17 heavy (non-hydrogen) atoms. The van der Waals surface area contributed by atoms with Crippen molar-refractivity contribution in [3.05, 3.63) is 35.4 Å². The van der Waals surface area contributed by atoms with Gasteiger partial charge in [-0.3, -0.25) is 4.79 Å². The zero-order valence-electron chi connectivity index (χ0n) is 10.4. The molecule has 1 aliphatic carbocycles. The van der Waals surface area contributed by atoms with Crippen LogP contribution in [0.4, 0.5) is 0 Å². The van der Waals surface area contributed by atoms with Gasteiger partial charge in [-0.15, -0.1) is 0 Å². The van der Waals surface area contributed by atoms with Crippen LogP contribution in [-0.2, 0) is 16.1 Å². The third-order valence-corrected chi connectivity index (χ3v) is 3.74. The van der Waals surface area contributed by atoms with Gasteiger partial charge in [0, 0.05) is 13.0 Å². The highest BCUT2D eigenvalue weighted by Crippen LogP contribution is 2.64. The van der Waals surface area contributed by atoms with Gasteiger partial charge < -0.3 is 9.84 Å². The maximum Gasteiger partial charge on any atom is 0.307 e. The molecular formula is C14H18O3. The van der Waals surface area contributed by atoms with Gasteiger partial charge in [0.15, 0.2) is 0 Å². The standard InChI is InChI=1S/C14H18O3/c1-14(2)11(12(14)13(15)16)10-6-4-9(5-7-10)8-17-3/h4-7,11-12H,8H2,1-3H3,(H,15,16)/t11-,12+/m1/s1. The Morgan fingerprint density at radius 2 is 1.94 bits per heavy atom. The number of ether oxygens (including phenoxy) is 1. The maximum atomic E-state index is 11.1. The SMILES string of the molecule is COCc1ccc([C@@H]2[C@@H](C(=O)O)C2(C)C)cc1. The van der Waals surface area contributed by atoms with Gasteiger partial charge >= 0.3 is 5.97 Å². The van der Waals surface area contributed by atoms with Crippen LogP contribution in [0.5, 0.6) is 0 Å². The molecule has 1 aromatic carbocycles. The molecule has 2 rings (SSSR count). The Bertz CT molecular complexity index is 420. The monoisotopic (exact) mass is 234 g/mol. The molecule has 0 amide bonds. The Hall–Kier alpha value is -1.35. The van der Waals surface area contributed by atoms with Crippen molar-refractivity contribution in [3.63, 3.8) is 0 Å². The zero-order chi connectivity index (χ0) is 12.6. The maximum absolute atomic E-state index is 11.1. The molecule has 0 heterocycles. The fourth-order valence-electron chi connectivity index (χ4n) is 2.71. The summed E-state index contributed by atoms with van der Waals surface area (Å²) in [7, 11) is 1.67. The van der Waals surface area contributed by atoms with Crippen LogP contribution in [0.3, 0.4) is 0 Å². The fourth-order valence-corrected chi connectivity index (χ4v) is 2.71. The van der Waals surface area contributed by atoms with Gasteiger partial charge in [0.1, 0.15) is 0 Å². The molecule has 0 radical (unpaired) electrons. The molecule has 1 aliphatic rings. The van der Waals surface area contributed by atoms with E-state index in [0.717, 1.165) is 11.1 Å². The van der Waals surface area contributed by atoms with E-state index in [-0.39, 0.29) is 17.3 Å². The molecule has 1 saturated carbocycles. The summed E-state index contributed by atoms with van der Waals surface area (Å²) in [5.41, 5.74) is 2.10. The number of hydrogen-bond donors (Lipinski definition) is 1. The average Bonchev–Trinajstić information content (AvgIpc) is 2.83. The molecule has 0 bridgehead atoms.